The van der Waals surface area contributed by atoms with Crippen molar-refractivity contribution in [2.24, 2.45) is 0 Å². The fraction of sp³-hybridized carbons (Fsp3) is 0.0625. The van der Waals surface area contributed by atoms with Gasteiger partial charge in [-0.05, 0) is 24.6 Å². The van der Waals surface area contributed by atoms with Crippen LogP contribution in [0.4, 0.5) is 17.2 Å². The van der Waals surface area contributed by atoms with Crippen LogP contribution in [0.2, 0.25) is 0 Å². The number of nitrogens with one attached hydrogen (secondary N) is 2. The Morgan fingerprint density at radius 3 is 2.83 bits per heavy atom. The molecule has 0 saturated heterocycles. The zero-order valence-electron chi connectivity index (χ0n) is 12.7. The smallest absolute Gasteiger partial charge is 0.271 e. The van der Waals surface area contributed by atoms with Crippen LogP contribution in [0.15, 0.2) is 54.4 Å². The third kappa shape index (κ3) is 4.14. The van der Waals surface area contributed by atoms with Crippen LogP contribution >= 0.6 is 0 Å². The van der Waals surface area contributed by atoms with Crippen molar-refractivity contribution in [2.45, 2.75) is 6.92 Å². The largest absolute Gasteiger partial charge is 0.345 e. The molecule has 0 radical (unpaired) electrons. The molecule has 0 atom stereocenters. The molecule has 0 spiro atoms. The Morgan fingerprint density at radius 2 is 2.17 bits per heavy atom. The predicted molar refractivity (Wildman–Crippen MR) is 88.0 cm³/mol. The summed E-state index contributed by atoms with van der Waals surface area (Å²) in [6.45, 7) is 1.83. The molecule has 2 N–H and O–H groups in total. The Hall–Kier alpha value is -3.73. The molecule has 2 rings (SSSR count). The lowest BCUT2D eigenvalue weighted by Crippen LogP contribution is -2.14. The van der Waals surface area contributed by atoms with Gasteiger partial charge in [0.05, 0.1) is 4.92 Å². The summed E-state index contributed by atoms with van der Waals surface area (Å²) in [5.74, 6) is -0.160. The number of aromatic nitrogens is 1. The van der Waals surface area contributed by atoms with Crippen LogP contribution in [-0.4, -0.2) is 15.8 Å². The normalized spacial score (nSPS) is 10.6. The summed E-state index contributed by atoms with van der Waals surface area (Å²) in [4.78, 5) is 26.4. The quantitative estimate of drug-likeness (QED) is 0.378. The van der Waals surface area contributed by atoms with Crippen molar-refractivity contribution in [3.8, 4) is 6.07 Å². The standard InChI is InChI=1S/C16H13N5O3/c1-11-4-3-7-18-15(11)19-10-12(9-17)16(22)20-13-5-2-6-14(8-13)21(23)24/h2-8,10H,1H3,(H,18,19)(H,20,22)/b12-10-. The van der Waals surface area contributed by atoms with Gasteiger partial charge in [0, 0.05) is 30.2 Å². The number of nitro benzene ring substituents is 1. The van der Waals surface area contributed by atoms with Gasteiger partial charge in [0.1, 0.15) is 17.5 Å². The lowest BCUT2D eigenvalue weighted by Gasteiger charge is -2.06. The number of aryl methyl sites for hydroxylation is 1. The van der Waals surface area contributed by atoms with Crippen molar-refractivity contribution >= 4 is 23.1 Å². The minimum Gasteiger partial charge on any atom is -0.345 e. The van der Waals surface area contributed by atoms with E-state index in [9.17, 15) is 14.9 Å². The zero-order valence-corrected chi connectivity index (χ0v) is 12.7. The highest BCUT2D eigenvalue weighted by molar-refractivity contribution is 6.06. The summed E-state index contributed by atoms with van der Waals surface area (Å²) in [6.07, 6.45) is 2.82. The number of pyridine rings is 1. The van der Waals surface area contributed by atoms with Crippen molar-refractivity contribution in [3.05, 3.63) is 70.0 Å². The Bertz CT molecular complexity index is 855. The third-order valence-corrected chi connectivity index (χ3v) is 3.04. The van der Waals surface area contributed by atoms with Gasteiger partial charge < -0.3 is 10.6 Å². The Morgan fingerprint density at radius 1 is 1.38 bits per heavy atom. The molecule has 1 aromatic carbocycles. The summed E-state index contributed by atoms with van der Waals surface area (Å²) >= 11 is 0. The molecule has 2 aromatic rings. The summed E-state index contributed by atoms with van der Waals surface area (Å²) in [7, 11) is 0. The fourth-order valence-electron chi connectivity index (χ4n) is 1.82. The maximum absolute atomic E-state index is 12.1. The van der Waals surface area contributed by atoms with Crippen LogP contribution in [0.5, 0.6) is 0 Å². The van der Waals surface area contributed by atoms with Gasteiger partial charge in [0.15, 0.2) is 0 Å². The Kier molecular flexibility index (Phi) is 5.20. The predicted octanol–water partition coefficient (Wildman–Crippen LogP) is 2.76. The second-order valence-corrected chi connectivity index (χ2v) is 4.74. The van der Waals surface area contributed by atoms with Crippen molar-refractivity contribution < 1.29 is 9.72 Å². The SMILES string of the molecule is Cc1cccnc1N/C=C(/C#N)C(=O)Nc1cccc([N+](=O)[O-])c1. The molecule has 8 nitrogen and oxygen atoms in total. The second-order valence-electron chi connectivity index (χ2n) is 4.74. The lowest BCUT2D eigenvalue weighted by atomic mass is 10.2. The summed E-state index contributed by atoms with van der Waals surface area (Å²) in [5.41, 5.74) is 0.735. The van der Waals surface area contributed by atoms with Crippen LogP contribution in [0.25, 0.3) is 0 Å². The first kappa shape index (κ1) is 16.6. The average molecular weight is 323 g/mol. The lowest BCUT2D eigenvalue weighted by molar-refractivity contribution is -0.384. The first-order valence-corrected chi connectivity index (χ1v) is 6.85. The topological polar surface area (TPSA) is 121 Å². The molecular formula is C16H13N5O3. The van der Waals surface area contributed by atoms with E-state index in [0.717, 1.165) is 5.56 Å². The molecule has 8 heteroatoms. The van der Waals surface area contributed by atoms with E-state index in [1.807, 2.05) is 13.0 Å². The highest BCUT2D eigenvalue weighted by Crippen LogP contribution is 2.17. The van der Waals surface area contributed by atoms with Crippen LogP contribution in [0, 0.1) is 28.4 Å². The van der Waals surface area contributed by atoms with Gasteiger partial charge in [-0.25, -0.2) is 4.98 Å². The average Bonchev–Trinajstić information content (AvgIpc) is 2.57. The molecule has 1 amide bonds. The minimum atomic E-state index is -0.681. The van der Waals surface area contributed by atoms with Crippen molar-refractivity contribution in [1.82, 2.24) is 4.98 Å². The summed E-state index contributed by atoms with van der Waals surface area (Å²) in [6, 6.07) is 10.8. The molecule has 0 saturated carbocycles. The van der Waals surface area contributed by atoms with Gasteiger partial charge in [-0.1, -0.05) is 12.1 Å². The van der Waals surface area contributed by atoms with Crippen LogP contribution in [0.3, 0.4) is 0 Å². The summed E-state index contributed by atoms with van der Waals surface area (Å²) in [5, 5.41) is 25.1. The monoisotopic (exact) mass is 323 g/mol. The van der Waals surface area contributed by atoms with Gasteiger partial charge in [-0.15, -0.1) is 0 Å². The molecule has 0 unspecified atom stereocenters. The molecule has 0 aliphatic heterocycles. The number of carbonyl (C=O) groups is 1. The maximum Gasteiger partial charge on any atom is 0.271 e. The molecule has 120 valence electrons. The maximum atomic E-state index is 12.1. The van der Waals surface area contributed by atoms with Gasteiger partial charge in [-0.2, -0.15) is 5.26 Å². The Labute approximate surface area is 137 Å². The number of anilines is 2. The summed E-state index contributed by atoms with van der Waals surface area (Å²) < 4.78 is 0. The van der Waals surface area contributed by atoms with E-state index >= 15 is 0 Å². The molecule has 0 aliphatic carbocycles. The number of rotatable bonds is 5. The van der Waals surface area contributed by atoms with E-state index in [0.29, 0.717) is 5.82 Å². The van der Waals surface area contributed by atoms with Crippen LogP contribution in [0.1, 0.15) is 5.56 Å². The number of nitro groups is 1. The molecule has 0 aliphatic rings. The van der Waals surface area contributed by atoms with Crippen LogP contribution in [-0.2, 0) is 4.79 Å². The third-order valence-electron chi connectivity index (χ3n) is 3.04. The van der Waals surface area contributed by atoms with E-state index in [1.165, 1.54) is 30.5 Å². The number of carbonyl (C=O) groups excluding carboxylic acids is 1. The second kappa shape index (κ2) is 7.51. The number of benzene rings is 1. The van der Waals surface area contributed by atoms with Gasteiger partial charge >= 0.3 is 0 Å². The molecule has 0 fully saturated rings. The molecular weight excluding hydrogens is 310 g/mol. The Balaban J connectivity index is 2.13. The van der Waals surface area contributed by atoms with Crippen molar-refractivity contribution in [1.29, 1.82) is 5.26 Å². The molecule has 1 heterocycles. The van der Waals surface area contributed by atoms with E-state index < -0.39 is 10.8 Å². The van der Waals surface area contributed by atoms with Gasteiger partial charge in [0.25, 0.3) is 11.6 Å². The number of hydrogen-bond acceptors (Lipinski definition) is 6. The van der Waals surface area contributed by atoms with E-state index in [-0.39, 0.29) is 16.9 Å². The number of amides is 1. The zero-order chi connectivity index (χ0) is 17.5. The van der Waals surface area contributed by atoms with E-state index in [2.05, 4.69) is 15.6 Å². The molecule has 24 heavy (non-hydrogen) atoms. The fourth-order valence-corrected chi connectivity index (χ4v) is 1.82. The highest BCUT2D eigenvalue weighted by atomic mass is 16.6. The first-order chi connectivity index (χ1) is 11.5. The van der Waals surface area contributed by atoms with Gasteiger partial charge in [-0.3, -0.25) is 14.9 Å². The molecule has 0 bridgehead atoms. The minimum absolute atomic E-state index is 0.155. The van der Waals surface area contributed by atoms with E-state index in [1.54, 1.807) is 18.3 Å². The molecule has 1 aromatic heterocycles. The number of non-ortho nitro benzene ring substituents is 1. The van der Waals surface area contributed by atoms with Crippen molar-refractivity contribution in [2.75, 3.05) is 10.6 Å². The van der Waals surface area contributed by atoms with Crippen LogP contribution < -0.4 is 10.6 Å². The van der Waals surface area contributed by atoms with E-state index in [4.69, 9.17) is 5.26 Å². The highest BCUT2D eigenvalue weighted by Gasteiger charge is 2.12. The first-order valence-electron chi connectivity index (χ1n) is 6.85. The number of nitrogens with zero attached hydrogens (tertiary/aromatic N) is 3. The van der Waals surface area contributed by atoms with Crippen molar-refractivity contribution in [3.63, 3.8) is 0 Å². The van der Waals surface area contributed by atoms with Gasteiger partial charge in [0.2, 0.25) is 0 Å². The number of hydrogen-bond donors (Lipinski definition) is 2. The number of nitriles is 1.